The Morgan fingerprint density at radius 1 is 1.75 bits per heavy atom. The van der Waals surface area contributed by atoms with E-state index >= 15 is 0 Å². The van der Waals surface area contributed by atoms with E-state index in [0.717, 1.165) is 6.07 Å². The van der Waals surface area contributed by atoms with Crippen LogP contribution in [0.3, 0.4) is 0 Å². The average molecular weight is 191 g/mol. The van der Waals surface area contributed by atoms with Gasteiger partial charge in [0, 0.05) is 6.07 Å². The van der Waals surface area contributed by atoms with Gasteiger partial charge < -0.3 is 15.2 Å². The van der Waals surface area contributed by atoms with Crippen molar-refractivity contribution in [1.29, 1.82) is 0 Å². The van der Waals surface area contributed by atoms with Gasteiger partial charge in [-0.15, -0.1) is 0 Å². The third kappa shape index (κ3) is 1.37. The highest BCUT2D eigenvalue weighted by molar-refractivity contribution is 6.32. The number of carboxylic acid groups (broad SMARTS) is 1. The Balaban J connectivity index is 3.17. The van der Waals surface area contributed by atoms with Gasteiger partial charge in [-0.05, 0) is 4.92 Å². The summed E-state index contributed by atoms with van der Waals surface area (Å²) in [4.78, 5) is 21.7. The summed E-state index contributed by atoms with van der Waals surface area (Å²) in [5, 5.41) is 18.3. The molecule has 2 N–H and O–H groups in total. The number of nitro groups is 1. The second-order valence-electron chi connectivity index (χ2n) is 1.94. The van der Waals surface area contributed by atoms with Gasteiger partial charge in [-0.2, -0.15) is 0 Å². The van der Waals surface area contributed by atoms with Gasteiger partial charge in [0.1, 0.15) is 5.02 Å². The molecule has 0 aliphatic heterocycles. The van der Waals surface area contributed by atoms with Gasteiger partial charge in [0.15, 0.2) is 0 Å². The summed E-state index contributed by atoms with van der Waals surface area (Å²) in [5.41, 5.74) is -0.299. The molecule has 0 unspecified atom stereocenters. The molecule has 6 nitrogen and oxygen atoms in total. The molecule has 64 valence electrons. The summed E-state index contributed by atoms with van der Waals surface area (Å²) in [5.74, 6) is -1.79. The predicted molar refractivity (Wildman–Crippen MR) is 39.4 cm³/mol. The van der Waals surface area contributed by atoms with Gasteiger partial charge in [0.05, 0.1) is 0 Å². The molecule has 0 bridgehead atoms. The number of carbonyl (C=O) groups is 1. The first-order chi connectivity index (χ1) is 5.52. The van der Waals surface area contributed by atoms with E-state index in [9.17, 15) is 14.9 Å². The van der Waals surface area contributed by atoms with Gasteiger partial charge in [0.25, 0.3) is 0 Å². The lowest BCUT2D eigenvalue weighted by Crippen LogP contribution is -1.96. The van der Waals surface area contributed by atoms with E-state index in [1.165, 1.54) is 0 Å². The highest BCUT2D eigenvalue weighted by atomic mass is 35.5. The topological polar surface area (TPSA) is 96.2 Å². The molecule has 0 radical (unpaired) electrons. The largest absolute Gasteiger partial charge is 0.475 e. The Morgan fingerprint density at radius 2 is 2.33 bits per heavy atom. The molecule has 12 heavy (non-hydrogen) atoms. The third-order valence-corrected chi connectivity index (χ3v) is 1.45. The van der Waals surface area contributed by atoms with Crippen LogP contribution in [0.1, 0.15) is 10.5 Å². The number of hydrogen-bond donors (Lipinski definition) is 2. The molecule has 0 amide bonds. The summed E-state index contributed by atoms with van der Waals surface area (Å²) in [6.45, 7) is 0. The maximum Gasteiger partial charge on any atom is 0.375 e. The number of aromatic amines is 1. The third-order valence-electron chi connectivity index (χ3n) is 1.16. The van der Waals surface area contributed by atoms with Crippen LogP contribution in [0.5, 0.6) is 0 Å². The van der Waals surface area contributed by atoms with Crippen molar-refractivity contribution in [1.82, 2.24) is 4.98 Å². The van der Waals surface area contributed by atoms with Crippen molar-refractivity contribution in [3.8, 4) is 0 Å². The van der Waals surface area contributed by atoms with Crippen LogP contribution in [0.4, 0.5) is 5.82 Å². The lowest BCUT2D eigenvalue weighted by Gasteiger charge is -1.88. The van der Waals surface area contributed by atoms with Crippen molar-refractivity contribution in [2.75, 3.05) is 0 Å². The van der Waals surface area contributed by atoms with Crippen LogP contribution in [-0.4, -0.2) is 21.0 Å². The number of nitrogens with zero attached hydrogens (tertiary/aromatic N) is 1. The van der Waals surface area contributed by atoms with Crippen LogP contribution in [0.15, 0.2) is 6.07 Å². The van der Waals surface area contributed by atoms with Crippen molar-refractivity contribution < 1.29 is 14.8 Å². The Morgan fingerprint density at radius 3 is 2.58 bits per heavy atom. The highest BCUT2D eigenvalue weighted by Gasteiger charge is 2.19. The van der Waals surface area contributed by atoms with Crippen molar-refractivity contribution >= 4 is 23.4 Å². The number of carboxylic acids is 1. The van der Waals surface area contributed by atoms with Crippen molar-refractivity contribution in [2.24, 2.45) is 0 Å². The molecule has 0 aliphatic carbocycles. The maximum absolute atomic E-state index is 10.3. The molecular weight excluding hydrogens is 188 g/mol. The molecule has 0 fully saturated rings. The maximum atomic E-state index is 10.3. The van der Waals surface area contributed by atoms with Crippen LogP contribution < -0.4 is 0 Å². The summed E-state index contributed by atoms with van der Waals surface area (Å²) < 4.78 is 0. The number of hydrogen-bond acceptors (Lipinski definition) is 3. The number of aromatic nitrogens is 1. The molecule has 1 heterocycles. The fourth-order valence-electron chi connectivity index (χ4n) is 0.666. The van der Waals surface area contributed by atoms with Crippen molar-refractivity contribution in [3.63, 3.8) is 0 Å². The standard InChI is InChI=1S/C5H3ClN2O4/c6-2-1-3(5(9)10)7-4(2)8(11)12/h1,7H,(H,9,10). The molecule has 0 atom stereocenters. The van der Waals surface area contributed by atoms with E-state index in [0.29, 0.717) is 0 Å². The summed E-state index contributed by atoms with van der Waals surface area (Å²) >= 11 is 5.35. The minimum atomic E-state index is -1.29. The molecule has 0 saturated carbocycles. The van der Waals surface area contributed by atoms with Gasteiger partial charge in [0.2, 0.25) is 5.69 Å². The molecule has 1 aromatic rings. The van der Waals surface area contributed by atoms with E-state index in [4.69, 9.17) is 16.7 Å². The average Bonchev–Trinajstić information content (AvgIpc) is 2.30. The zero-order chi connectivity index (χ0) is 9.30. The van der Waals surface area contributed by atoms with Gasteiger partial charge >= 0.3 is 11.8 Å². The Kier molecular flexibility index (Phi) is 2.01. The molecule has 1 rings (SSSR count). The smallest absolute Gasteiger partial charge is 0.375 e. The summed E-state index contributed by atoms with van der Waals surface area (Å²) in [6, 6.07) is 0.988. The Hall–Kier alpha value is -1.56. The molecule has 0 aromatic carbocycles. The Bertz CT molecular complexity index is 345. The molecule has 0 spiro atoms. The van der Waals surface area contributed by atoms with Gasteiger partial charge in [-0.3, -0.25) is 0 Å². The van der Waals surface area contributed by atoms with Gasteiger partial charge in [-0.25, -0.2) is 9.78 Å². The van der Waals surface area contributed by atoms with Crippen LogP contribution >= 0.6 is 11.6 Å². The first-order valence-electron chi connectivity index (χ1n) is 2.78. The predicted octanol–water partition coefficient (Wildman–Crippen LogP) is 1.27. The van der Waals surface area contributed by atoms with Crippen LogP contribution in [0.25, 0.3) is 0 Å². The number of rotatable bonds is 2. The number of H-pyrrole nitrogens is 1. The van der Waals surface area contributed by atoms with Crippen LogP contribution in [0, 0.1) is 10.1 Å². The van der Waals surface area contributed by atoms with Crippen molar-refractivity contribution in [2.45, 2.75) is 0 Å². The first-order valence-corrected chi connectivity index (χ1v) is 3.16. The minimum Gasteiger partial charge on any atom is -0.475 e. The monoisotopic (exact) mass is 190 g/mol. The zero-order valence-electron chi connectivity index (χ0n) is 5.57. The van der Waals surface area contributed by atoms with Gasteiger partial charge in [-0.1, -0.05) is 11.6 Å². The van der Waals surface area contributed by atoms with E-state index < -0.39 is 16.7 Å². The van der Waals surface area contributed by atoms with E-state index in [-0.39, 0.29) is 10.7 Å². The molecular formula is C5H3ClN2O4. The van der Waals surface area contributed by atoms with Crippen molar-refractivity contribution in [3.05, 3.63) is 26.9 Å². The second kappa shape index (κ2) is 2.82. The summed E-state index contributed by atoms with van der Waals surface area (Å²) in [7, 11) is 0. The lowest BCUT2D eigenvalue weighted by atomic mass is 10.4. The SMILES string of the molecule is O=C(O)c1cc(Cl)c([N+](=O)[O-])[nH]1. The van der Waals surface area contributed by atoms with Crippen LogP contribution in [0.2, 0.25) is 5.02 Å². The fourth-order valence-corrected chi connectivity index (χ4v) is 0.892. The number of halogens is 1. The first kappa shape index (κ1) is 8.54. The lowest BCUT2D eigenvalue weighted by molar-refractivity contribution is -0.389. The molecule has 0 saturated heterocycles. The molecule has 1 aromatic heterocycles. The quantitative estimate of drug-likeness (QED) is 0.542. The summed E-state index contributed by atoms with van der Waals surface area (Å²) in [6.07, 6.45) is 0. The zero-order valence-corrected chi connectivity index (χ0v) is 6.33. The normalized spacial score (nSPS) is 9.75. The van der Waals surface area contributed by atoms with E-state index in [2.05, 4.69) is 0 Å². The fraction of sp³-hybridized carbons (Fsp3) is 0. The van der Waals surface area contributed by atoms with Crippen LogP contribution in [-0.2, 0) is 0 Å². The Labute approximate surface area is 70.9 Å². The van der Waals surface area contributed by atoms with E-state index in [1.54, 1.807) is 0 Å². The minimum absolute atomic E-state index is 0.211. The number of aromatic carboxylic acids is 1. The molecule has 7 heteroatoms. The molecule has 0 aliphatic rings. The highest BCUT2D eigenvalue weighted by Crippen LogP contribution is 2.23. The second-order valence-corrected chi connectivity index (χ2v) is 2.35. The number of nitrogens with one attached hydrogen (secondary N) is 1. The van der Waals surface area contributed by atoms with E-state index in [1.807, 2.05) is 4.98 Å².